The normalized spacial score (nSPS) is 12.0. The molecule has 4 heteroatoms. The van der Waals surface area contributed by atoms with Gasteiger partial charge in [-0.2, -0.15) is 5.10 Å². The van der Waals surface area contributed by atoms with Crippen LogP contribution in [0.4, 0.5) is 5.82 Å². The molecule has 0 aliphatic carbocycles. The molecule has 0 bridgehead atoms. The maximum atomic E-state index is 12.5. The molecule has 2 N–H and O–H groups in total. The Balaban J connectivity index is 1.76. The maximum Gasteiger partial charge on any atom is 0.226 e. The first-order valence-electron chi connectivity index (χ1n) is 8.51. The molecular formula is C21H23N3O. The van der Waals surface area contributed by atoms with E-state index < -0.39 is 0 Å². The lowest BCUT2D eigenvalue weighted by Gasteiger charge is -2.12. The van der Waals surface area contributed by atoms with Gasteiger partial charge < -0.3 is 5.32 Å². The highest BCUT2D eigenvalue weighted by Gasteiger charge is 2.17. The minimum Gasteiger partial charge on any atom is -0.309 e. The van der Waals surface area contributed by atoms with Gasteiger partial charge in [0.2, 0.25) is 5.91 Å². The van der Waals surface area contributed by atoms with E-state index in [1.807, 2.05) is 37.3 Å². The molecular weight excluding hydrogens is 310 g/mol. The van der Waals surface area contributed by atoms with Crippen molar-refractivity contribution in [2.45, 2.75) is 33.1 Å². The molecule has 0 saturated heterocycles. The van der Waals surface area contributed by atoms with E-state index in [4.69, 9.17) is 0 Å². The summed E-state index contributed by atoms with van der Waals surface area (Å²) >= 11 is 0. The quantitative estimate of drug-likeness (QED) is 0.703. The van der Waals surface area contributed by atoms with Gasteiger partial charge in [0.05, 0.1) is 0 Å². The summed E-state index contributed by atoms with van der Waals surface area (Å²) in [5.41, 5.74) is 5.28. The number of aromatic amines is 1. The number of aryl methyl sites for hydroxylation is 2. The van der Waals surface area contributed by atoms with Gasteiger partial charge in [-0.05, 0) is 30.9 Å². The Morgan fingerprint density at radius 1 is 1.12 bits per heavy atom. The second-order valence-corrected chi connectivity index (χ2v) is 6.51. The van der Waals surface area contributed by atoms with Crippen molar-refractivity contribution < 1.29 is 4.79 Å². The molecule has 1 atom stereocenters. The van der Waals surface area contributed by atoms with Crippen LogP contribution in [0.2, 0.25) is 0 Å². The van der Waals surface area contributed by atoms with Crippen molar-refractivity contribution in [3.05, 3.63) is 71.4 Å². The Labute approximate surface area is 148 Å². The van der Waals surface area contributed by atoms with Gasteiger partial charge in [-0.25, -0.2) is 0 Å². The fourth-order valence-electron chi connectivity index (χ4n) is 3.03. The molecule has 3 rings (SSSR count). The second-order valence-electron chi connectivity index (χ2n) is 6.51. The van der Waals surface area contributed by atoms with E-state index >= 15 is 0 Å². The third-order valence-corrected chi connectivity index (χ3v) is 4.37. The smallest absolute Gasteiger partial charge is 0.226 e. The van der Waals surface area contributed by atoms with E-state index in [1.165, 1.54) is 5.56 Å². The number of anilines is 1. The summed E-state index contributed by atoms with van der Waals surface area (Å²) in [4.78, 5) is 12.5. The van der Waals surface area contributed by atoms with Gasteiger partial charge in [0.1, 0.15) is 0 Å². The minimum atomic E-state index is -0.0308. The summed E-state index contributed by atoms with van der Waals surface area (Å²) in [5.74, 6) is 0.716. The lowest BCUT2D eigenvalue weighted by atomic mass is 9.97. The number of hydrogen-bond donors (Lipinski definition) is 2. The van der Waals surface area contributed by atoms with E-state index in [2.05, 4.69) is 53.6 Å². The molecule has 0 fully saturated rings. The van der Waals surface area contributed by atoms with E-state index in [0.717, 1.165) is 22.4 Å². The zero-order chi connectivity index (χ0) is 17.8. The molecule has 1 heterocycles. The van der Waals surface area contributed by atoms with Crippen LogP contribution in [0.15, 0.2) is 54.6 Å². The lowest BCUT2D eigenvalue weighted by molar-refractivity contribution is -0.116. The number of benzene rings is 2. The number of aromatic nitrogens is 2. The van der Waals surface area contributed by atoms with Gasteiger partial charge in [0, 0.05) is 17.7 Å². The third-order valence-electron chi connectivity index (χ3n) is 4.37. The van der Waals surface area contributed by atoms with Crippen molar-refractivity contribution in [1.82, 2.24) is 10.2 Å². The van der Waals surface area contributed by atoms with Crippen LogP contribution in [0.3, 0.4) is 0 Å². The van der Waals surface area contributed by atoms with Crippen LogP contribution in [-0.2, 0) is 4.79 Å². The number of carbonyl (C=O) groups is 1. The molecule has 1 aromatic heterocycles. The van der Waals surface area contributed by atoms with Gasteiger partial charge in [-0.3, -0.25) is 9.89 Å². The van der Waals surface area contributed by atoms with Crippen LogP contribution in [0, 0.1) is 13.8 Å². The number of H-pyrrole nitrogens is 1. The summed E-state index contributed by atoms with van der Waals surface area (Å²) in [6, 6.07) is 18.3. The number of nitrogens with zero attached hydrogens (tertiary/aromatic N) is 1. The summed E-state index contributed by atoms with van der Waals surface area (Å²) < 4.78 is 0. The SMILES string of the molecule is Cc1cccc(-c2c(NC(=O)CC(C)c3ccccc3)n[nH]c2C)c1. The van der Waals surface area contributed by atoms with Crippen molar-refractivity contribution in [2.24, 2.45) is 0 Å². The molecule has 1 amide bonds. The van der Waals surface area contributed by atoms with E-state index in [9.17, 15) is 4.79 Å². The highest BCUT2D eigenvalue weighted by molar-refractivity contribution is 5.95. The summed E-state index contributed by atoms with van der Waals surface area (Å²) in [7, 11) is 0. The molecule has 0 aliphatic rings. The first kappa shape index (κ1) is 17.0. The zero-order valence-corrected chi connectivity index (χ0v) is 14.8. The molecule has 0 spiro atoms. The first-order valence-corrected chi connectivity index (χ1v) is 8.51. The molecule has 4 nitrogen and oxygen atoms in total. The summed E-state index contributed by atoms with van der Waals surface area (Å²) in [6.07, 6.45) is 0.420. The molecule has 3 aromatic rings. The highest BCUT2D eigenvalue weighted by atomic mass is 16.1. The Morgan fingerprint density at radius 2 is 1.88 bits per heavy atom. The van der Waals surface area contributed by atoms with Crippen LogP contribution < -0.4 is 5.32 Å². The van der Waals surface area contributed by atoms with E-state index in [1.54, 1.807) is 0 Å². The van der Waals surface area contributed by atoms with Crippen LogP contribution >= 0.6 is 0 Å². The monoisotopic (exact) mass is 333 g/mol. The van der Waals surface area contributed by atoms with Crippen LogP contribution in [-0.4, -0.2) is 16.1 Å². The van der Waals surface area contributed by atoms with Crippen molar-refractivity contribution in [1.29, 1.82) is 0 Å². The van der Waals surface area contributed by atoms with Gasteiger partial charge in [-0.15, -0.1) is 0 Å². The average Bonchev–Trinajstić information content (AvgIpc) is 2.95. The largest absolute Gasteiger partial charge is 0.309 e. The van der Waals surface area contributed by atoms with Crippen LogP contribution in [0.25, 0.3) is 11.1 Å². The van der Waals surface area contributed by atoms with E-state index in [-0.39, 0.29) is 11.8 Å². The van der Waals surface area contributed by atoms with E-state index in [0.29, 0.717) is 12.2 Å². The number of hydrogen-bond acceptors (Lipinski definition) is 2. The first-order chi connectivity index (χ1) is 12.0. The molecule has 128 valence electrons. The fourth-order valence-corrected chi connectivity index (χ4v) is 3.03. The molecule has 0 saturated carbocycles. The minimum absolute atomic E-state index is 0.0308. The molecule has 0 aliphatic heterocycles. The van der Waals surface area contributed by atoms with Gasteiger partial charge in [0.25, 0.3) is 0 Å². The highest BCUT2D eigenvalue weighted by Crippen LogP contribution is 2.30. The molecule has 25 heavy (non-hydrogen) atoms. The fraction of sp³-hybridized carbons (Fsp3) is 0.238. The number of carbonyl (C=O) groups excluding carboxylic acids is 1. The maximum absolute atomic E-state index is 12.5. The zero-order valence-electron chi connectivity index (χ0n) is 14.8. The Hall–Kier alpha value is -2.88. The van der Waals surface area contributed by atoms with Crippen molar-refractivity contribution >= 4 is 11.7 Å². The Morgan fingerprint density at radius 3 is 2.60 bits per heavy atom. The van der Waals surface area contributed by atoms with Gasteiger partial charge in [0.15, 0.2) is 5.82 Å². The Kier molecular flexibility index (Phi) is 4.98. The van der Waals surface area contributed by atoms with Crippen molar-refractivity contribution in [3.63, 3.8) is 0 Å². The number of nitrogens with one attached hydrogen (secondary N) is 2. The third kappa shape index (κ3) is 3.97. The van der Waals surface area contributed by atoms with Gasteiger partial charge in [-0.1, -0.05) is 67.1 Å². The standard InChI is InChI=1S/C21H23N3O/c1-14-8-7-11-18(12-14)20-16(3)23-24-21(20)22-19(25)13-15(2)17-9-5-4-6-10-17/h4-12,15H,13H2,1-3H3,(H2,22,23,24,25). The van der Waals surface area contributed by atoms with Crippen LogP contribution in [0.1, 0.15) is 36.1 Å². The predicted octanol–water partition coefficient (Wildman–Crippen LogP) is 4.83. The lowest BCUT2D eigenvalue weighted by Crippen LogP contribution is -2.15. The van der Waals surface area contributed by atoms with Gasteiger partial charge >= 0.3 is 0 Å². The van der Waals surface area contributed by atoms with Crippen LogP contribution in [0.5, 0.6) is 0 Å². The van der Waals surface area contributed by atoms with Crippen molar-refractivity contribution in [2.75, 3.05) is 5.32 Å². The summed E-state index contributed by atoms with van der Waals surface area (Å²) in [5, 5.41) is 10.2. The Bertz CT molecular complexity index is 868. The molecule has 2 aromatic carbocycles. The molecule has 0 radical (unpaired) electrons. The second kappa shape index (κ2) is 7.34. The topological polar surface area (TPSA) is 57.8 Å². The predicted molar refractivity (Wildman–Crippen MR) is 102 cm³/mol. The number of amides is 1. The van der Waals surface area contributed by atoms with Crippen molar-refractivity contribution in [3.8, 4) is 11.1 Å². The number of rotatable bonds is 5. The molecule has 1 unspecified atom stereocenters. The summed E-state index contributed by atoms with van der Waals surface area (Å²) in [6.45, 7) is 6.08. The average molecular weight is 333 g/mol.